The number of carbonyl (C=O) groups is 1. The van der Waals surface area contributed by atoms with Gasteiger partial charge in [-0.15, -0.1) is 0 Å². The molecule has 1 atom stereocenters. The minimum atomic E-state index is -0.549. The van der Waals surface area contributed by atoms with Crippen LogP contribution in [0.25, 0.3) is 5.70 Å². The number of ketones is 1. The summed E-state index contributed by atoms with van der Waals surface area (Å²) in [6, 6.07) is 15.4. The number of nitrogens with zero attached hydrogens (tertiary/aromatic N) is 2. The molecule has 0 saturated carbocycles. The van der Waals surface area contributed by atoms with Crippen LogP contribution in [0.3, 0.4) is 0 Å². The zero-order valence-corrected chi connectivity index (χ0v) is 17.0. The molecule has 2 heterocycles. The predicted octanol–water partition coefficient (Wildman–Crippen LogP) is 2.81. The van der Waals surface area contributed by atoms with E-state index in [1.807, 2.05) is 42.5 Å². The van der Waals surface area contributed by atoms with Gasteiger partial charge in [-0.2, -0.15) is 0 Å². The quantitative estimate of drug-likeness (QED) is 0.719. The maximum absolute atomic E-state index is 13.4. The Balaban J connectivity index is 1.86. The van der Waals surface area contributed by atoms with E-state index >= 15 is 0 Å². The van der Waals surface area contributed by atoms with Crippen LogP contribution in [0.1, 0.15) is 45.5 Å². The van der Waals surface area contributed by atoms with Crippen molar-refractivity contribution < 1.29 is 4.79 Å². The van der Waals surface area contributed by atoms with Crippen molar-refractivity contribution in [2.75, 3.05) is 5.32 Å². The monoisotopic (exact) mass is 399 g/mol. The molecular formula is C24H21N3O3. The highest BCUT2D eigenvalue weighted by Gasteiger charge is 2.42. The number of aromatic nitrogens is 2. The Labute approximate surface area is 173 Å². The van der Waals surface area contributed by atoms with Gasteiger partial charge in [-0.25, -0.2) is 4.79 Å². The topological polar surface area (TPSA) is 73.1 Å². The van der Waals surface area contributed by atoms with Crippen molar-refractivity contribution in [3.8, 4) is 0 Å². The molecule has 1 aliphatic carbocycles. The van der Waals surface area contributed by atoms with E-state index in [-0.39, 0.29) is 11.3 Å². The van der Waals surface area contributed by atoms with Crippen LogP contribution >= 0.6 is 0 Å². The minimum Gasteiger partial charge on any atom is -0.340 e. The summed E-state index contributed by atoms with van der Waals surface area (Å²) < 4.78 is 2.55. The summed E-state index contributed by atoms with van der Waals surface area (Å²) in [7, 11) is 3.11. The summed E-state index contributed by atoms with van der Waals surface area (Å²) in [4.78, 5) is 39.3. The number of hydrogen-bond donors (Lipinski definition) is 1. The number of benzene rings is 2. The van der Waals surface area contributed by atoms with Gasteiger partial charge in [-0.1, -0.05) is 55.5 Å². The molecular weight excluding hydrogens is 378 g/mol. The summed E-state index contributed by atoms with van der Waals surface area (Å²) in [6.07, 6.45) is 0.900. The van der Waals surface area contributed by atoms with Crippen LogP contribution in [0.15, 0.2) is 63.7 Å². The first-order valence-electron chi connectivity index (χ1n) is 9.98. The molecule has 0 spiro atoms. The first-order chi connectivity index (χ1) is 14.4. The Kier molecular flexibility index (Phi) is 3.93. The summed E-state index contributed by atoms with van der Waals surface area (Å²) in [5.74, 6) is -0.192. The van der Waals surface area contributed by atoms with Crippen molar-refractivity contribution in [2.45, 2.75) is 19.3 Å². The Bertz CT molecular complexity index is 1370. The zero-order chi connectivity index (χ0) is 21.2. The van der Waals surface area contributed by atoms with Crippen molar-refractivity contribution in [1.29, 1.82) is 0 Å². The molecule has 2 aromatic carbocycles. The second-order valence-corrected chi connectivity index (χ2v) is 7.78. The van der Waals surface area contributed by atoms with Crippen LogP contribution in [0.5, 0.6) is 0 Å². The van der Waals surface area contributed by atoms with E-state index in [1.54, 1.807) is 13.1 Å². The molecule has 2 aliphatic rings. The van der Waals surface area contributed by atoms with Gasteiger partial charge >= 0.3 is 5.69 Å². The van der Waals surface area contributed by atoms with Crippen LogP contribution in [0.4, 0.5) is 5.82 Å². The molecule has 1 N–H and O–H groups in total. The van der Waals surface area contributed by atoms with Crippen LogP contribution in [-0.2, 0) is 20.5 Å². The fourth-order valence-corrected chi connectivity index (χ4v) is 4.54. The molecule has 5 rings (SSSR count). The van der Waals surface area contributed by atoms with Gasteiger partial charge in [-0.3, -0.25) is 18.7 Å². The van der Waals surface area contributed by atoms with Gasteiger partial charge in [0.2, 0.25) is 0 Å². The van der Waals surface area contributed by atoms with Gasteiger partial charge in [0.05, 0.1) is 11.3 Å². The van der Waals surface area contributed by atoms with Gasteiger partial charge in [0.25, 0.3) is 5.56 Å². The van der Waals surface area contributed by atoms with Crippen molar-refractivity contribution in [3.05, 3.63) is 103 Å². The number of allylic oxidation sites excluding steroid dienone is 1. The van der Waals surface area contributed by atoms with Gasteiger partial charge in [0, 0.05) is 36.7 Å². The average Bonchev–Trinajstić information content (AvgIpc) is 3.07. The van der Waals surface area contributed by atoms with E-state index in [0.717, 1.165) is 22.1 Å². The standard InChI is InChI=1S/C24H21N3O3/c1-4-13-9-11-14(12-10-13)17-18-20(15-7-5-6-8-16(15)21(18)28)25-22-19(17)23(29)27(3)24(30)26(22)2/h5-12,17,25H,4H2,1-3H3/t17-/m1/s1. The van der Waals surface area contributed by atoms with Crippen molar-refractivity contribution >= 4 is 17.3 Å². The number of fused-ring (bicyclic) bond motifs is 3. The molecule has 6 nitrogen and oxygen atoms in total. The Morgan fingerprint density at radius 1 is 0.900 bits per heavy atom. The van der Waals surface area contributed by atoms with Gasteiger partial charge < -0.3 is 5.32 Å². The number of anilines is 1. The number of aryl methyl sites for hydroxylation is 1. The van der Waals surface area contributed by atoms with Gasteiger partial charge in [-0.05, 0) is 17.5 Å². The minimum absolute atomic E-state index is 0.0841. The molecule has 150 valence electrons. The molecule has 0 saturated heterocycles. The van der Waals surface area contributed by atoms with E-state index in [1.165, 1.54) is 17.2 Å². The lowest BCUT2D eigenvalue weighted by molar-refractivity contribution is 0.103. The third-order valence-electron chi connectivity index (χ3n) is 6.20. The molecule has 0 fully saturated rings. The highest BCUT2D eigenvalue weighted by Crippen LogP contribution is 2.47. The molecule has 0 unspecified atom stereocenters. The first kappa shape index (κ1) is 18.4. The predicted molar refractivity (Wildman–Crippen MR) is 116 cm³/mol. The van der Waals surface area contributed by atoms with Gasteiger partial charge in [0.1, 0.15) is 5.82 Å². The molecule has 0 radical (unpaired) electrons. The van der Waals surface area contributed by atoms with Crippen LogP contribution in [-0.4, -0.2) is 14.9 Å². The maximum atomic E-state index is 13.4. The molecule has 1 aromatic heterocycles. The van der Waals surface area contributed by atoms with E-state index < -0.39 is 11.6 Å². The summed E-state index contributed by atoms with van der Waals surface area (Å²) in [6.45, 7) is 2.08. The van der Waals surface area contributed by atoms with Crippen molar-refractivity contribution in [2.24, 2.45) is 14.1 Å². The highest BCUT2D eigenvalue weighted by atomic mass is 16.2. The van der Waals surface area contributed by atoms with Crippen molar-refractivity contribution in [1.82, 2.24) is 9.13 Å². The molecule has 30 heavy (non-hydrogen) atoms. The molecule has 1 aliphatic heterocycles. The average molecular weight is 399 g/mol. The number of carbonyl (C=O) groups excluding carboxylic acids is 1. The van der Waals surface area contributed by atoms with E-state index in [4.69, 9.17) is 0 Å². The second kappa shape index (κ2) is 6.42. The van der Waals surface area contributed by atoms with E-state index in [2.05, 4.69) is 12.2 Å². The highest BCUT2D eigenvalue weighted by molar-refractivity contribution is 6.23. The molecule has 0 amide bonds. The van der Waals surface area contributed by atoms with Gasteiger partial charge in [0.15, 0.2) is 5.78 Å². The first-order valence-corrected chi connectivity index (χ1v) is 9.98. The number of Topliss-reactive ketones (excluding diaryl/α,β-unsaturated/α-hetero) is 1. The van der Waals surface area contributed by atoms with Crippen LogP contribution in [0, 0.1) is 0 Å². The molecule has 3 aromatic rings. The SMILES string of the molecule is CCc1ccc([C@@H]2C3=C(Nc4c2c(=O)n(C)c(=O)n4C)c2ccccc2C3=O)cc1. The lowest BCUT2D eigenvalue weighted by Crippen LogP contribution is -2.42. The fourth-order valence-electron chi connectivity index (χ4n) is 4.54. The van der Waals surface area contributed by atoms with Crippen LogP contribution < -0.4 is 16.6 Å². The normalized spacial score (nSPS) is 16.8. The Morgan fingerprint density at radius 2 is 1.57 bits per heavy atom. The third-order valence-corrected chi connectivity index (χ3v) is 6.20. The smallest absolute Gasteiger partial charge is 0.332 e. The lowest BCUT2D eigenvalue weighted by Gasteiger charge is -2.29. The summed E-state index contributed by atoms with van der Waals surface area (Å²) in [5.41, 5.74) is 4.30. The molecule has 6 heteroatoms. The third kappa shape index (κ3) is 2.33. The van der Waals surface area contributed by atoms with E-state index in [9.17, 15) is 14.4 Å². The van der Waals surface area contributed by atoms with Crippen molar-refractivity contribution in [3.63, 3.8) is 0 Å². The Hall–Kier alpha value is -3.67. The molecule has 0 bridgehead atoms. The van der Waals surface area contributed by atoms with Crippen LogP contribution in [0.2, 0.25) is 0 Å². The Morgan fingerprint density at radius 3 is 2.23 bits per heavy atom. The maximum Gasteiger partial charge on any atom is 0.332 e. The second-order valence-electron chi connectivity index (χ2n) is 7.78. The zero-order valence-electron chi connectivity index (χ0n) is 17.0. The fraction of sp³-hybridized carbons (Fsp3) is 0.208. The lowest BCUT2D eigenvalue weighted by atomic mass is 9.81. The number of nitrogens with one attached hydrogen (secondary N) is 1. The summed E-state index contributed by atoms with van der Waals surface area (Å²) in [5, 5.41) is 3.25. The largest absolute Gasteiger partial charge is 0.340 e. The number of rotatable bonds is 2. The summed E-state index contributed by atoms with van der Waals surface area (Å²) >= 11 is 0. The van der Waals surface area contributed by atoms with E-state index in [0.29, 0.717) is 28.2 Å². The number of hydrogen-bond acceptors (Lipinski definition) is 4.